The molecule has 0 aliphatic heterocycles. The molecule has 106 valence electrons. The summed E-state index contributed by atoms with van der Waals surface area (Å²) in [5.41, 5.74) is 0.458. The van der Waals surface area contributed by atoms with Crippen molar-refractivity contribution in [2.24, 2.45) is 0 Å². The van der Waals surface area contributed by atoms with E-state index in [9.17, 15) is 18.3 Å². The number of nitrogens with zero attached hydrogens (tertiary/aromatic N) is 1. The highest BCUT2D eigenvalue weighted by molar-refractivity contribution is 7.87. The number of anilines is 1. The van der Waals surface area contributed by atoms with E-state index in [1.54, 1.807) is 30.3 Å². The van der Waals surface area contributed by atoms with Gasteiger partial charge in [0.25, 0.3) is 0 Å². The Kier molecular flexibility index (Phi) is 5.31. The molecule has 0 heterocycles. The van der Waals surface area contributed by atoms with E-state index in [2.05, 4.69) is 4.18 Å². The van der Waals surface area contributed by atoms with Gasteiger partial charge in [-0.15, -0.1) is 0 Å². The molecule has 1 rings (SSSR count). The van der Waals surface area contributed by atoms with Crippen molar-refractivity contribution < 1.29 is 22.5 Å². The van der Waals surface area contributed by atoms with Gasteiger partial charge in [0.1, 0.15) is 0 Å². The van der Waals surface area contributed by atoms with Gasteiger partial charge in [0, 0.05) is 5.69 Å². The van der Waals surface area contributed by atoms with E-state index < -0.39 is 22.3 Å². The minimum Gasteiger partial charge on any atom is -0.392 e. The Balaban J connectivity index is 2.95. The molecule has 0 aliphatic rings. The third-order valence-corrected chi connectivity index (χ3v) is 3.39. The van der Waals surface area contributed by atoms with Gasteiger partial charge in [-0.05, 0) is 26.0 Å². The normalized spacial score (nSPS) is 12.8. The highest BCUT2D eigenvalue weighted by atomic mass is 32.2. The molecule has 0 radical (unpaired) electrons. The Labute approximate surface area is 112 Å². The molecule has 0 saturated heterocycles. The van der Waals surface area contributed by atoms with Crippen LogP contribution in [0.1, 0.15) is 13.8 Å². The van der Waals surface area contributed by atoms with Crippen LogP contribution in [-0.2, 0) is 14.3 Å². The van der Waals surface area contributed by atoms with Crippen molar-refractivity contribution in [3.63, 3.8) is 0 Å². The molecular formula is C12H17NO5S. The molecule has 1 unspecified atom stereocenters. The van der Waals surface area contributed by atoms with Gasteiger partial charge in [-0.25, -0.2) is 4.79 Å². The van der Waals surface area contributed by atoms with Gasteiger partial charge in [-0.3, -0.25) is 4.90 Å². The lowest BCUT2D eigenvalue weighted by Crippen LogP contribution is -2.38. The first-order chi connectivity index (χ1) is 8.85. The molecule has 0 spiro atoms. The van der Waals surface area contributed by atoms with E-state index >= 15 is 0 Å². The van der Waals surface area contributed by atoms with E-state index in [4.69, 9.17) is 0 Å². The van der Waals surface area contributed by atoms with Crippen molar-refractivity contribution in [2.75, 3.05) is 17.2 Å². The molecule has 6 nitrogen and oxygen atoms in total. The molecule has 0 aliphatic carbocycles. The van der Waals surface area contributed by atoms with Crippen LogP contribution >= 0.6 is 0 Å². The maximum Gasteiger partial charge on any atom is 0.430 e. The van der Waals surface area contributed by atoms with Gasteiger partial charge < -0.3 is 9.29 Å². The zero-order valence-electron chi connectivity index (χ0n) is 10.8. The summed E-state index contributed by atoms with van der Waals surface area (Å²) in [5, 5.41) is 9.39. The smallest absolute Gasteiger partial charge is 0.392 e. The van der Waals surface area contributed by atoms with Crippen LogP contribution < -0.4 is 4.90 Å². The predicted molar refractivity (Wildman–Crippen MR) is 71.4 cm³/mol. The molecule has 0 bridgehead atoms. The van der Waals surface area contributed by atoms with Crippen molar-refractivity contribution in [1.82, 2.24) is 0 Å². The average molecular weight is 287 g/mol. The number of carbonyl (C=O) groups is 1. The van der Waals surface area contributed by atoms with Crippen LogP contribution in [0, 0.1) is 0 Å². The number of carbonyl (C=O) groups excluding carboxylic acids is 1. The molecule has 1 aromatic carbocycles. The van der Waals surface area contributed by atoms with Crippen LogP contribution in [-0.4, -0.2) is 38.0 Å². The van der Waals surface area contributed by atoms with Crippen LogP contribution in [0.2, 0.25) is 0 Å². The van der Waals surface area contributed by atoms with Crippen LogP contribution in [0.25, 0.3) is 0 Å². The van der Waals surface area contributed by atoms with Gasteiger partial charge in [0.05, 0.1) is 18.4 Å². The third kappa shape index (κ3) is 4.88. The molecule has 1 aromatic rings. The summed E-state index contributed by atoms with van der Waals surface area (Å²) in [6.07, 6.45) is -1.83. The summed E-state index contributed by atoms with van der Waals surface area (Å²) in [4.78, 5) is 12.9. The Bertz CT molecular complexity index is 512. The summed E-state index contributed by atoms with van der Waals surface area (Å²) < 4.78 is 27.1. The first kappa shape index (κ1) is 15.5. The predicted octanol–water partition coefficient (Wildman–Crippen LogP) is 1.36. The van der Waals surface area contributed by atoms with Crippen LogP contribution in [0.15, 0.2) is 30.3 Å². The highest BCUT2D eigenvalue weighted by Gasteiger charge is 2.23. The molecule has 0 fully saturated rings. The molecule has 19 heavy (non-hydrogen) atoms. The van der Waals surface area contributed by atoms with Gasteiger partial charge in [0.15, 0.2) is 0 Å². The van der Waals surface area contributed by atoms with E-state index in [1.165, 1.54) is 13.8 Å². The molecule has 7 heteroatoms. The van der Waals surface area contributed by atoms with Crippen LogP contribution in [0.5, 0.6) is 0 Å². The van der Waals surface area contributed by atoms with Gasteiger partial charge in [-0.2, -0.15) is 8.42 Å². The largest absolute Gasteiger partial charge is 0.430 e. The molecule has 0 saturated carbocycles. The van der Waals surface area contributed by atoms with E-state index in [-0.39, 0.29) is 12.3 Å². The van der Waals surface area contributed by atoms with Crippen molar-refractivity contribution >= 4 is 21.9 Å². The summed E-state index contributed by atoms with van der Waals surface area (Å²) >= 11 is 0. The van der Waals surface area contributed by atoms with Crippen LogP contribution in [0.4, 0.5) is 10.5 Å². The fourth-order valence-corrected chi connectivity index (χ4v) is 1.80. The van der Waals surface area contributed by atoms with Gasteiger partial charge in [-0.1, -0.05) is 18.2 Å². The molecule has 1 atom stereocenters. The fourth-order valence-electron chi connectivity index (χ4n) is 1.37. The number of benzene rings is 1. The number of aliphatic hydroxyl groups is 1. The summed E-state index contributed by atoms with van der Waals surface area (Å²) in [5.74, 6) is -0.296. The standard InChI is InChI=1S/C12H17NO5S/c1-3-19(16,17)18-12(15)13(9-10(2)14)11-7-5-4-6-8-11/h4-8,10,14H,3,9H2,1-2H3. The van der Waals surface area contributed by atoms with E-state index in [0.29, 0.717) is 5.69 Å². The lowest BCUT2D eigenvalue weighted by molar-refractivity contribution is 0.184. The zero-order valence-corrected chi connectivity index (χ0v) is 11.6. The minimum atomic E-state index is -3.88. The Morgan fingerprint density at radius 2 is 1.95 bits per heavy atom. The second kappa shape index (κ2) is 6.53. The maximum atomic E-state index is 11.9. The van der Waals surface area contributed by atoms with Crippen molar-refractivity contribution in [1.29, 1.82) is 0 Å². The monoisotopic (exact) mass is 287 g/mol. The minimum absolute atomic E-state index is 0.0535. The maximum absolute atomic E-state index is 11.9. The zero-order chi connectivity index (χ0) is 14.5. The van der Waals surface area contributed by atoms with Crippen molar-refractivity contribution in [3.8, 4) is 0 Å². The second-order valence-corrected chi connectivity index (χ2v) is 5.85. The summed E-state index contributed by atoms with van der Waals surface area (Å²) in [6.45, 7) is 2.82. The molecule has 1 amide bonds. The lowest BCUT2D eigenvalue weighted by Gasteiger charge is -2.22. The SMILES string of the molecule is CCS(=O)(=O)OC(=O)N(CC(C)O)c1ccccc1. The third-order valence-electron chi connectivity index (χ3n) is 2.29. The Morgan fingerprint density at radius 1 is 1.37 bits per heavy atom. The average Bonchev–Trinajstić information content (AvgIpc) is 2.36. The lowest BCUT2D eigenvalue weighted by atomic mass is 10.2. The molecule has 0 aromatic heterocycles. The van der Waals surface area contributed by atoms with E-state index in [0.717, 1.165) is 4.90 Å². The number of hydrogen-bond donors (Lipinski definition) is 1. The van der Waals surface area contributed by atoms with Crippen molar-refractivity contribution in [3.05, 3.63) is 30.3 Å². The number of amides is 1. The number of para-hydroxylation sites is 1. The summed E-state index contributed by atoms with van der Waals surface area (Å²) in [7, 11) is -3.88. The quantitative estimate of drug-likeness (QED) is 0.827. The van der Waals surface area contributed by atoms with E-state index in [1.807, 2.05) is 0 Å². The fraction of sp³-hybridized carbons (Fsp3) is 0.417. The first-order valence-corrected chi connectivity index (χ1v) is 7.40. The van der Waals surface area contributed by atoms with Gasteiger partial charge in [0.2, 0.25) is 0 Å². The Hall–Kier alpha value is -1.60. The Morgan fingerprint density at radius 3 is 2.42 bits per heavy atom. The second-order valence-electron chi connectivity index (χ2n) is 3.99. The highest BCUT2D eigenvalue weighted by Crippen LogP contribution is 2.16. The topological polar surface area (TPSA) is 83.9 Å². The summed E-state index contributed by atoms with van der Waals surface area (Å²) in [6, 6.07) is 8.42. The number of aliphatic hydroxyl groups excluding tert-OH is 1. The number of rotatable bonds is 5. The molecular weight excluding hydrogens is 270 g/mol. The number of hydrogen-bond acceptors (Lipinski definition) is 5. The first-order valence-electron chi connectivity index (χ1n) is 5.82. The van der Waals surface area contributed by atoms with Crippen molar-refractivity contribution in [2.45, 2.75) is 20.0 Å². The van der Waals surface area contributed by atoms with Gasteiger partial charge >= 0.3 is 16.2 Å². The molecule has 1 N–H and O–H groups in total. The van der Waals surface area contributed by atoms with Crippen LogP contribution in [0.3, 0.4) is 0 Å².